The molecule has 1 saturated heterocycles. The average molecular weight is 303 g/mol. The zero-order valence-corrected chi connectivity index (χ0v) is 13.3. The van der Waals surface area contributed by atoms with E-state index in [4.69, 9.17) is 5.73 Å². The summed E-state index contributed by atoms with van der Waals surface area (Å²) < 4.78 is 0. The van der Waals surface area contributed by atoms with E-state index in [2.05, 4.69) is 5.32 Å². The Morgan fingerprint density at radius 2 is 2.00 bits per heavy atom. The molecule has 22 heavy (non-hydrogen) atoms. The molecule has 5 heteroatoms. The lowest BCUT2D eigenvalue weighted by Crippen LogP contribution is -2.43. The molecule has 2 atom stereocenters. The molecule has 2 amide bonds. The van der Waals surface area contributed by atoms with E-state index < -0.39 is 6.04 Å². The van der Waals surface area contributed by atoms with Gasteiger partial charge in [-0.05, 0) is 17.9 Å². The zero-order valence-electron chi connectivity index (χ0n) is 13.3. The summed E-state index contributed by atoms with van der Waals surface area (Å²) in [4.78, 5) is 26.6. The summed E-state index contributed by atoms with van der Waals surface area (Å²) in [5.74, 6) is 0.0867. The van der Waals surface area contributed by atoms with Gasteiger partial charge in [-0.3, -0.25) is 9.59 Å². The maximum absolute atomic E-state index is 12.8. The first-order valence-corrected chi connectivity index (χ1v) is 7.86. The number of hydrogen-bond acceptors (Lipinski definition) is 3. The maximum Gasteiger partial charge on any atom is 0.249 e. The van der Waals surface area contributed by atoms with E-state index in [1.807, 2.05) is 44.2 Å². The SMILES string of the molecule is CC(C)CC(=O)NC(C(=O)N1CC[C@@H](N)C1)c1ccccc1. The number of nitrogens with zero attached hydrogens (tertiary/aromatic N) is 1. The second-order valence-electron chi connectivity index (χ2n) is 6.34. The summed E-state index contributed by atoms with van der Waals surface area (Å²) >= 11 is 0. The summed E-state index contributed by atoms with van der Waals surface area (Å²) in [6.07, 6.45) is 1.23. The minimum Gasteiger partial charge on any atom is -0.341 e. The van der Waals surface area contributed by atoms with Crippen LogP contribution >= 0.6 is 0 Å². The van der Waals surface area contributed by atoms with E-state index in [0.717, 1.165) is 12.0 Å². The van der Waals surface area contributed by atoms with Crippen molar-refractivity contribution in [3.8, 4) is 0 Å². The second kappa shape index (κ2) is 7.40. The van der Waals surface area contributed by atoms with Gasteiger partial charge in [-0.15, -0.1) is 0 Å². The smallest absolute Gasteiger partial charge is 0.249 e. The van der Waals surface area contributed by atoms with Crippen LogP contribution < -0.4 is 11.1 Å². The quantitative estimate of drug-likeness (QED) is 0.864. The van der Waals surface area contributed by atoms with Crippen LogP contribution in [0.4, 0.5) is 0 Å². The van der Waals surface area contributed by atoms with Crippen LogP contribution in [0.3, 0.4) is 0 Å². The fraction of sp³-hybridized carbons (Fsp3) is 0.529. The molecule has 0 aromatic heterocycles. The molecule has 1 aromatic carbocycles. The molecular formula is C17H25N3O2. The second-order valence-corrected chi connectivity index (χ2v) is 6.34. The predicted octanol–water partition coefficient (Wildman–Crippen LogP) is 1.45. The van der Waals surface area contributed by atoms with Crippen molar-refractivity contribution in [2.45, 2.75) is 38.8 Å². The van der Waals surface area contributed by atoms with Crippen molar-refractivity contribution >= 4 is 11.8 Å². The number of nitrogens with one attached hydrogen (secondary N) is 1. The minimum atomic E-state index is -0.627. The molecule has 120 valence electrons. The first-order chi connectivity index (χ1) is 10.5. The van der Waals surface area contributed by atoms with Gasteiger partial charge in [0, 0.05) is 25.6 Å². The summed E-state index contributed by atoms with van der Waals surface area (Å²) in [7, 11) is 0. The van der Waals surface area contributed by atoms with Crippen LogP contribution in [-0.4, -0.2) is 35.8 Å². The highest BCUT2D eigenvalue weighted by Gasteiger charge is 2.31. The van der Waals surface area contributed by atoms with E-state index in [1.165, 1.54) is 0 Å². The van der Waals surface area contributed by atoms with Gasteiger partial charge in [0.15, 0.2) is 0 Å². The number of likely N-dealkylation sites (tertiary alicyclic amines) is 1. The van der Waals surface area contributed by atoms with Gasteiger partial charge in [0.25, 0.3) is 0 Å². The molecule has 0 radical (unpaired) electrons. The molecule has 1 unspecified atom stereocenters. The van der Waals surface area contributed by atoms with Gasteiger partial charge in [-0.2, -0.15) is 0 Å². The summed E-state index contributed by atoms with van der Waals surface area (Å²) in [6.45, 7) is 5.18. The molecule has 2 rings (SSSR count). The van der Waals surface area contributed by atoms with Gasteiger partial charge < -0.3 is 16.0 Å². The Hall–Kier alpha value is -1.88. The number of nitrogens with two attached hydrogens (primary N) is 1. The standard InChI is InChI=1S/C17H25N3O2/c1-12(2)10-15(21)19-16(13-6-4-3-5-7-13)17(22)20-9-8-14(18)11-20/h3-7,12,14,16H,8-11,18H2,1-2H3,(H,19,21)/t14-,16?/m1/s1. The highest BCUT2D eigenvalue weighted by atomic mass is 16.2. The van der Waals surface area contributed by atoms with Crippen LogP contribution in [0.5, 0.6) is 0 Å². The van der Waals surface area contributed by atoms with Gasteiger partial charge in [0.1, 0.15) is 6.04 Å². The average Bonchev–Trinajstić information content (AvgIpc) is 2.91. The largest absolute Gasteiger partial charge is 0.341 e. The Morgan fingerprint density at radius 1 is 1.32 bits per heavy atom. The molecule has 1 heterocycles. The fourth-order valence-corrected chi connectivity index (χ4v) is 2.69. The van der Waals surface area contributed by atoms with Gasteiger partial charge in [-0.1, -0.05) is 44.2 Å². The molecule has 1 aliphatic rings. The van der Waals surface area contributed by atoms with Crippen LogP contribution in [0.2, 0.25) is 0 Å². The Bertz CT molecular complexity index is 516. The first kappa shape index (κ1) is 16.5. The number of carbonyl (C=O) groups is 2. The normalized spacial score (nSPS) is 19.3. The van der Waals surface area contributed by atoms with Gasteiger partial charge in [-0.25, -0.2) is 0 Å². The highest BCUT2D eigenvalue weighted by molar-refractivity contribution is 5.89. The lowest BCUT2D eigenvalue weighted by atomic mass is 10.0. The Morgan fingerprint density at radius 3 is 2.55 bits per heavy atom. The molecule has 0 aliphatic carbocycles. The predicted molar refractivity (Wildman–Crippen MR) is 86.0 cm³/mol. The van der Waals surface area contributed by atoms with Crippen molar-refractivity contribution in [1.29, 1.82) is 0 Å². The number of benzene rings is 1. The zero-order chi connectivity index (χ0) is 16.1. The van der Waals surface area contributed by atoms with E-state index in [1.54, 1.807) is 4.90 Å². The van der Waals surface area contributed by atoms with Crippen molar-refractivity contribution in [2.75, 3.05) is 13.1 Å². The third kappa shape index (κ3) is 4.31. The summed E-state index contributed by atoms with van der Waals surface area (Å²) in [5.41, 5.74) is 6.70. The van der Waals surface area contributed by atoms with Crippen molar-refractivity contribution in [3.05, 3.63) is 35.9 Å². The van der Waals surface area contributed by atoms with Crippen LogP contribution in [0.15, 0.2) is 30.3 Å². The Kier molecular flexibility index (Phi) is 5.55. The van der Waals surface area contributed by atoms with Gasteiger partial charge >= 0.3 is 0 Å². The number of carbonyl (C=O) groups excluding carboxylic acids is 2. The van der Waals surface area contributed by atoms with E-state index >= 15 is 0 Å². The minimum absolute atomic E-state index is 0.0340. The van der Waals surface area contributed by atoms with Crippen LogP contribution in [0.1, 0.15) is 38.3 Å². The van der Waals surface area contributed by atoms with Crippen molar-refractivity contribution < 1.29 is 9.59 Å². The summed E-state index contributed by atoms with van der Waals surface area (Å²) in [6, 6.07) is 8.79. The highest BCUT2D eigenvalue weighted by Crippen LogP contribution is 2.19. The van der Waals surface area contributed by atoms with E-state index in [-0.39, 0.29) is 23.8 Å². The molecule has 0 bridgehead atoms. The summed E-state index contributed by atoms with van der Waals surface area (Å²) in [5, 5.41) is 2.89. The molecule has 5 nitrogen and oxygen atoms in total. The molecule has 1 aromatic rings. The molecule has 0 saturated carbocycles. The van der Waals surface area contributed by atoms with Crippen molar-refractivity contribution in [2.24, 2.45) is 11.7 Å². The van der Waals surface area contributed by atoms with Crippen LogP contribution in [0, 0.1) is 5.92 Å². The lowest BCUT2D eigenvalue weighted by Gasteiger charge is -2.25. The monoisotopic (exact) mass is 303 g/mol. The third-order valence-electron chi connectivity index (χ3n) is 3.82. The van der Waals surface area contributed by atoms with E-state index in [9.17, 15) is 9.59 Å². The van der Waals surface area contributed by atoms with Crippen molar-refractivity contribution in [1.82, 2.24) is 10.2 Å². The maximum atomic E-state index is 12.8. The molecule has 1 aliphatic heterocycles. The van der Waals surface area contributed by atoms with Gasteiger partial charge in [0.05, 0.1) is 0 Å². The number of amides is 2. The Balaban J connectivity index is 2.14. The number of hydrogen-bond donors (Lipinski definition) is 2. The molecule has 3 N–H and O–H groups in total. The first-order valence-electron chi connectivity index (χ1n) is 7.86. The topological polar surface area (TPSA) is 75.4 Å². The van der Waals surface area contributed by atoms with E-state index in [0.29, 0.717) is 19.5 Å². The van der Waals surface area contributed by atoms with Crippen LogP contribution in [0.25, 0.3) is 0 Å². The molecular weight excluding hydrogens is 278 g/mol. The molecule has 0 spiro atoms. The Labute approximate surface area is 131 Å². The van der Waals surface area contributed by atoms with Gasteiger partial charge in [0.2, 0.25) is 11.8 Å². The number of rotatable bonds is 5. The lowest BCUT2D eigenvalue weighted by molar-refractivity contribution is -0.136. The third-order valence-corrected chi connectivity index (χ3v) is 3.82. The van der Waals surface area contributed by atoms with Crippen LogP contribution in [-0.2, 0) is 9.59 Å². The fourth-order valence-electron chi connectivity index (χ4n) is 2.69. The van der Waals surface area contributed by atoms with Crippen molar-refractivity contribution in [3.63, 3.8) is 0 Å². The molecule has 1 fully saturated rings.